The first-order valence-corrected chi connectivity index (χ1v) is 14.0. The summed E-state index contributed by atoms with van der Waals surface area (Å²) in [7, 11) is -0.745. The fourth-order valence-electron chi connectivity index (χ4n) is 4.84. The van der Waals surface area contributed by atoms with Crippen molar-refractivity contribution in [3.8, 4) is 11.4 Å². The molecule has 200 valence electrons. The van der Waals surface area contributed by atoms with Gasteiger partial charge in [-0.2, -0.15) is 8.42 Å². The number of anilines is 1. The Morgan fingerprint density at radius 1 is 0.769 bits per heavy atom. The summed E-state index contributed by atoms with van der Waals surface area (Å²) in [6.45, 7) is 4.46. The van der Waals surface area contributed by atoms with E-state index in [0.717, 1.165) is 55.4 Å². The minimum atomic E-state index is -2.40. The smallest absolute Gasteiger partial charge is 0.240 e. The average molecular weight is 541 g/mol. The van der Waals surface area contributed by atoms with Gasteiger partial charge in [-0.05, 0) is 23.8 Å². The monoisotopic (exact) mass is 540 g/mol. The number of hydrogen-bond donors (Lipinski definition) is 1. The van der Waals surface area contributed by atoms with Crippen LogP contribution < -0.4 is 9.64 Å². The molecule has 1 aliphatic rings. The van der Waals surface area contributed by atoms with Crippen LogP contribution in [-0.4, -0.2) is 56.4 Å². The van der Waals surface area contributed by atoms with Crippen molar-refractivity contribution in [3.63, 3.8) is 0 Å². The van der Waals surface area contributed by atoms with Crippen molar-refractivity contribution in [1.82, 2.24) is 14.7 Å². The van der Waals surface area contributed by atoms with Crippen molar-refractivity contribution >= 4 is 26.9 Å². The molecule has 8 heteroatoms. The van der Waals surface area contributed by atoms with E-state index in [1.807, 2.05) is 84.9 Å². The first-order valence-electron chi connectivity index (χ1n) is 13.0. The van der Waals surface area contributed by atoms with Crippen LogP contribution in [0.3, 0.4) is 0 Å². The average Bonchev–Trinajstić information content (AvgIpc) is 3.38. The molecule has 6 rings (SSSR count). The number of piperazine rings is 1. The number of benzene rings is 4. The lowest BCUT2D eigenvalue weighted by molar-refractivity contribution is 0.249. The maximum absolute atomic E-state index is 12.0. The summed E-state index contributed by atoms with van der Waals surface area (Å²) in [4.78, 5) is 4.71. The van der Waals surface area contributed by atoms with E-state index in [9.17, 15) is 8.42 Å². The Hall–Kier alpha value is -4.27. The van der Waals surface area contributed by atoms with Crippen LogP contribution in [0.2, 0.25) is 0 Å². The molecule has 1 N–H and O–H groups in total. The van der Waals surface area contributed by atoms with Crippen LogP contribution in [0, 0.1) is 4.64 Å². The normalized spacial score (nSPS) is 13.5. The summed E-state index contributed by atoms with van der Waals surface area (Å²) >= 11 is 0. The Labute approximate surface area is 230 Å². The third-order valence-electron chi connectivity index (χ3n) is 6.81. The predicted molar refractivity (Wildman–Crippen MR) is 157 cm³/mol. The van der Waals surface area contributed by atoms with Gasteiger partial charge in [0.05, 0.1) is 24.0 Å². The summed E-state index contributed by atoms with van der Waals surface area (Å²) in [5.41, 5.74) is 3.83. The van der Waals surface area contributed by atoms with Gasteiger partial charge in [0.15, 0.2) is 4.64 Å². The van der Waals surface area contributed by atoms with Gasteiger partial charge in [0.2, 0.25) is 10.3 Å². The molecule has 0 spiro atoms. The lowest BCUT2D eigenvalue weighted by Crippen LogP contribution is -2.46. The van der Waals surface area contributed by atoms with Gasteiger partial charge in [0.1, 0.15) is 5.75 Å². The molecule has 5 aromatic rings. The summed E-state index contributed by atoms with van der Waals surface area (Å²) in [6, 6.07) is 36.0. The maximum Gasteiger partial charge on any atom is 0.240 e. The fraction of sp³-hybridized carbons (Fsp3) is 0.194. The standard InChI is InChI=1S/C25H26N4O3S.C6H6/c1-32-24-17-22-21(25(33(30)31)26-29(22)20-10-6-3-7-11-20)16-23(24)28-14-12-27(13-15-28)18-19-8-4-2-5-9-19;1-2-4-6-5-3-1/h2-11,16-17,26H,12-15,18H2,1H3;1-6H. The second kappa shape index (κ2) is 12.5. The van der Waals surface area contributed by atoms with Crippen LogP contribution in [0.15, 0.2) is 109 Å². The highest BCUT2D eigenvalue weighted by Gasteiger charge is 2.22. The van der Waals surface area contributed by atoms with E-state index in [1.165, 1.54) is 5.56 Å². The molecule has 0 unspecified atom stereocenters. The number of rotatable bonds is 5. The molecule has 0 aliphatic carbocycles. The van der Waals surface area contributed by atoms with Gasteiger partial charge < -0.3 is 9.64 Å². The molecule has 0 radical (unpaired) electrons. The molecule has 1 aromatic heterocycles. The number of para-hydroxylation sites is 1. The summed E-state index contributed by atoms with van der Waals surface area (Å²) in [6.07, 6.45) is 0. The SMILES string of the molecule is COc1cc2c(cc1N1CCN(Cc3ccccc3)CC1)c(=S(=O)=O)[nH]n2-c1ccccc1.c1ccccc1. The van der Waals surface area contributed by atoms with Gasteiger partial charge in [-0.3, -0.25) is 14.7 Å². The fourth-order valence-corrected chi connectivity index (χ4v) is 5.35. The number of aromatic amines is 1. The van der Waals surface area contributed by atoms with Gasteiger partial charge in [-0.1, -0.05) is 84.9 Å². The number of H-pyrrole nitrogens is 1. The summed E-state index contributed by atoms with van der Waals surface area (Å²) < 4.78 is 31.7. The predicted octanol–water partition coefficient (Wildman–Crippen LogP) is 5.39. The van der Waals surface area contributed by atoms with E-state index in [0.29, 0.717) is 5.39 Å². The van der Waals surface area contributed by atoms with Gasteiger partial charge in [-0.15, -0.1) is 0 Å². The largest absolute Gasteiger partial charge is 0.495 e. The zero-order valence-electron chi connectivity index (χ0n) is 21.9. The quantitative estimate of drug-likeness (QED) is 0.303. The number of hydrogen-bond acceptors (Lipinski definition) is 5. The number of ether oxygens (including phenoxy) is 1. The van der Waals surface area contributed by atoms with E-state index in [1.54, 1.807) is 11.8 Å². The molecule has 1 aliphatic heterocycles. The maximum atomic E-state index is 12.0. The topological polar surface area (TPSA) is 70.6 Å². The van der Waals surface area contributed by atoms with Gasteiger partial charge in [0, 0.05) is 44.2 Å². The van der Waals surface area contributed by atoms with Gasteiger partial charge in [-0.25, -0.2) is 0 Å². The Kier molecular flexibility index (Phi) is 8.45. The van der Waals surface area contributed by atoms with E-state index < -0.39 is 10.3 Å². The van der Waals surface area contributed by atoms with Gasteiger partial charge in [0.25, 0.3) is 0 Å². The molecule has 2 heterocycles. The molecule has 1 saturated heterocycles. The molecule has 4 aromatic carbocycles. The van der Waals surface area contributed by atoms with Crippen molar-refractivity contribution in [2.24, 2.45) is 0 Å². The first kappa shape index (κ1) is 26.3. The highest BCUT2D eigenvalue weighted by Crippen LogP contribution is 2.35. The van der Waals surface area contributed by atoms with Crippen molar-refractivity contribution in [2.75, 3.05) is 38.2 Å². The van der Waals surface area contributed by atoms with Crippen LogP contribution in [-0.2, 0) is 16.8 Å². The molecule has 7 nitrogen and oxygen atoms in total. The number of nitrogens with one attached hydrogen (secondary N) is 1. The van der Waals surface area contributed by atoms with E-state index in [-0.39, 0.29) is 4.64 Å². The number of aromatic nitrogens is 2. The van der Waals surface area contributed by atoms with Crippen LogP contribution >= 0.6 is 0 Å². The van der Waals surface area contributed by atoms with E-state index >= 15 is 0 Å². The number of nitrogens with zero attached hydrogens (tertiary/aromatic N) is 3. The first-order chi connectivity index (χ1) is 19.1. The summed E-state index contributed by atoms with van der Waals surface area (Å²) in [5.74, 6) is 0.728. The van der Waals surface area contributed by atoms with E-state index in [2.05, 4.69) is 39.2 Å². The zero-order chi connectivity index (χ0) is 27.0. The van der Waals surface area contributed by atoms with Crippen LogP contribution in [0.5, 0.6) is 5.75 Å². The second-order valence-corrected chi connectivity index (χ2v) is 10.2. The van der Waals surface area contributed by atoms with Crippen molar-refractivity contribution < 1.29 is 13.2 Å². The number of fused-ring (bicyclic) bond motifs is 1. The van der Waals surface area contributed by atoms with Crippen molar-refractivity contribution in [1.29, 1.82) is 0 Å². The summed E-state index contributed by atoms with van der Waals surface area (Å²) in [5, 5.41) is 3.69. The molecular weight excluding hydrogens is 508 g/mol. The van der Waals surface area contributed by atoms with Crippen LogP contribution in [0.4, 0.5) is 5.69 Å². The molecule has 0 amide bonds. The Balaban J connectivity index is 0.000000455. The van der Waals surface area contributed by atoms with E-state index in [4.69, 9.17) is 4.74 Å². The number of methoxy groups -OCH3 is 1. The van der Waals surface area contributed by atoms with Crippen molar-refractivity contribution in [2.45, 2.75) is 6.54 Å². The lowest BCUT2D eigenvalue weighted by atomic mass is 10.1. The van der Waals surface area contributed by atoms with Crippen LogP contribution in [0.25, 0.3) is 16.6 Å². The molecule has 0 bridgehead atoms. The third-order valence-corrected chi connectivity index (χ3v) is 7.45. The Bertz CT molecular complexity index is 1640. The molecule has 39 heavy (non-hydrogen) atoms. The van der Waals surface area contributed by atoms with Crippen molar-refractivity contribution in [3.05, 3.63) is 119 Å². The highest BCUT2D eigenvalue weighted by atomic mass is 32.2. The molecule has 1 fully saturated rings. The molecule has 0 atom stereocenters. The lowest BCUT2D eigenvalue weighted by Gasteiger charge is -2.36. The Morgan fingerprint density at radius 3 is 1.90 bits per heavy atom. The van der Waals surface area contributed by atoms with Gasteiger partial charge >= 0.3 is 0 Å². The highest BCUT2D eigenvalue weighted by molar-refractivity contribution is 7.64. The molecular formula is C31H32N4O3S. The van der Waals surface area contributed by atoms with Crippen LogP contribution in [0.1, 0.15) is 5.56 Å². The minimum Gasteiger partial charge on any atom is -0.495 e. The third kappa shape index (κ3) is 6.25. The minimum absolute atomic E-state index is 0.167. The second-order valence-electron chi connectivity index (χ2n) is 9.29. The Morgan fingerprint density at radius 2 is 1.33 bits per heavy atom. The molecule has 0 saturated carbocycles. The zero-order valence-corrected chi connectivity index (χ0v) is 22.7.